The van der Waals surface area contributed by atoms with Gasteiger partial charge in [-0.3, -0.25) is 0 Å². The molecule has 0 aliphatic rings. The molecule has 17 heavy (non-hydrogen) atoms. The van der Waals surface area contributed by atoms with E-state index in [1.807, 2.05) is 6.92 Å². The van der Waals surface area contributed by atoms with Crippen molar-refractivity contribution >= 4 is 40.7 Å². The second kappa shape index (κ2) is 4.77. The summed E-state index contributed by atoms with van der Waals surface area (Å²) in [6.45, 7) is 1.89. The molecule has 0 amide bonds. The lowest BCUT2D eigenvalue weighted by Gasteiger charge is -2.09. The number of benzene rings is 1. The van der Waals surface area contributed by atoms with Gasteiger partial charge in [-0.05, 0) is 30.7 Å². The van der Waals surface area contributed by atoms with Gasteiger partial charge in [-0.15, -0.1) is 0 Å². The lowest BCUT2D eigenvalue weighted by atomic mass is 10.2. The van der Waals surface area contributed by atoms with E-state index in [0.29, 0.717) is 21.6 Å². The van der Waals surface area contributed by atoms with Crippen molar-refractivity contribution in [3.8, 4) is 0 Å². The molecule has 2 aromatic rings. The smallest absolute Gasteiger partial charge is 0.221 e. The summed E-state index contributed by atoms with van der Waals surface area (Å²) in [5.41, 5.74) is 7.08. The van der Waals surface area contributed by atoms with Crippen molar-refractivity contribution in [2.75, 3.05) is 11.1 Å². The summed E-state index contributed by atoms with van der Waals surface area (Å²) in [4.78, 5) is 7.82. The molecule has 0 aliphatic heterocycles. The normalized spacial score (nSPS) is 10.3. The Balaban J connectivity index is 2.33. The Morgan fingerprint density at radius 1 is 1.24 bits per heavy atom. The first-order valence-electron chi connectivity index (χ1n) is 4.87. The fraction of sp³-hybridized carbons (Fsp3) is 0.0909. The zero-order chi connectivity index (χ0) is 12.4. The van der Waals surface area contributed by atoms with E-state index in [0.717, 1.165) is 5.56 Å². The fourth-order valence-electron chi connectivity index (χ4n) is 1.32. The van der Waals surface area contributed by atoms with Gasteiger partial charge >= 0.3 is 0 Å². The van der Waals surface area contributed by atoms with Crippen molar-refractivity contribution in [1.29, 1.82) is 0 Å². The molecule has 2 rings (SSSR count). The number of aryl methyl sites for hydroxylation is 1. The Labute approximate surface area is 109 Å². The summed E-state index contributed by atoms with van der Waals surface area (Å²) in [6.07, 6.45) is 1.56. The summed E-state index contributed by atoms with van der Waals surface area (Å²) in [5, 5.41) is 4.24. The van der Waals surface area contributed by atoms with E-state index in [-0.39, 0.29) is 5.95 Å². The van der Waals surface area contributed by atoms with Crippen LogP contribution in [0.15, 0.2) is 24.4 Å². The highest BCUT2D eigenvalue weighted by Gasteiger charge is 2.05. The zero-order valence-electron chi connectivity index (χ0n) is 9.04. The molecule has 1 aromatic heterocycles. The maximum Gasteiger partial charge on any atom is 0.221 e. The first kappa shape index (κ1) is 12.0. The second-order valence-electron chi connectivity index (χ2n) is 3.51. The molecular formula is C11H10Cl2N4. The second-order valence-corrected chi connectivity index (χ2v) is 4.32. The van der Waals surface area contributed by atoms with Gasteiger partial charge in [-0.25, -0.2) is 4.98 Å². The summed E-state index contributed by atoms with van der Waals surface area (Å²) in [5.74, 6) is 0.767. The number of hydrogen-bond donors (Lipinski definition) is 2. The third-order valence-corrected chi connectivity index (χ3v) is 2.91. The van der Waals surface area contributed by atoms with E-state index in [9.17, 15) is 0 Å². The molecule has 0 aliphatic carbocycles. The molecule has 0 saturated heterocycles. The van der Waals surface area contributed by atoms with E-state index in [1.54, 1.807) is 24.4 Å². The van der Waals surface area contributed by atoms with Crippen LogP contribution in [0.2, 0.25) is 10.0 Å². The van der Waals surface area contributed by atoms with Gasteiger partial charge < -0.3 is 11.1 Å². The van der Waals surface area contributed by atoms with Gasteiger partial charge in [0.05, 0.1) is 10.7 Å². The maximum absolute atomic E-state index is 6.10. The molecule has 0 radical (unpaired) electrons. The quantitative estimate of drug-likeness (QED) is 0.876. The van der Waals surface area contributed by atoms with Crippen molar-refractivity contribution in [3.05, 3.63) is 40.0 Å². The molecular weight excluding hydrogens is 259 g/mol. The number of aromatic nitrogens is 2. The van der Waals surface area contributed by atoms with Crippen molar-refractivity contribution in [2.24, 2.45) is 0 Å². The average Bonchev–Trinajstić information content (AvgIpc) is 2.26. The number of nitrogens with one attached hydrogen (secondary N) is 1. The molecule has 0 bridgehead atoms. The van der Waals surface area contributed by atoms with Crippen LogP contribution in [0.1, 0.15) is 5.56 Å². The van der Waals surface area contributed by atoms with Crippen LogP contribution in [0.5, 0.6) is 0 Å². The molecule has 88 valence electrons. The Hall–Kier alpha value is -1.52. The number of halogens is 2. The van der Waals surface area contributed by atoms with Crippen LogP contribution in [0.25, 0.3) is 0 Å². The van der Waals surface area contributed by atoms with Crippen molar-refractivity contribution < 1.29 is 0 Å². The highest BCUT2D eigenvalue weighted by Crippen LogP contribution is 2.30. The topological polar surface area (TPSA) is 63.8 Å². The Kier molecular flexibility index (Phi) is 3.36. The van der Waals surface area contributed by atoms with Crippen molar-refractivity contribution in [1.82, 2.24) is 9.97 Å². The van der Waals surface area contributed by atoms with Crippen molar-refractivity contribution in [2.45, 2.75) is 6.92 Å². The highest BCUT2D eigenvalue weighted by atomic mass is 35.5. The van der Waals surface area contributed by atoms with E-state index < -0.39 is 0 Å². The number of anilines is 3. The predicted octanol–water partition coefficient (Wildman–Crippen LogP) is 3.42. The van der Waals surface area contributed by atoms with Gasteiger partial charge in [0, 0.05) is 11.2 Å². The number of nitrogen functional groups attached to an aromatic ring is 1. The summed E-state index contributed by atoms with van der Waals surface area (Å²) >= 11 is 12.1. The van der Waals surface area contributed by atoms with Crippen LogP contribution in [-0.2, 0) is 0 Å². The molecule has 0 atom stereocenters. The fourth-order valence-corrected chi connectivity index (χ4v) is 1.75. The molecule has 0 unspecified atom stereocenters. The first-order valence-corrected chi connectivity index (χ1v) is 5.63. The third kappa shape index (κ3) is 2.78. The van der Waals surface area contributed by atoms with Crippen LogP contribution in [0.3, 0.4) is 0 Å². The van der Waals surface area contributed by atoms with Crippen molar-refractivity contribution in [3.63, 3.8) is 0 Å². The molecule has 0 saturated carbocycles. The largest absolute Gasteiger partial charge is 0.368 e. The third-order valence-electron chi connectivity index (χ3n) is 2.19. The first-order chi connectivity index (χ1) is 8.06. The maximum atomic E-state index is 6.10. The number of nitrogens with zero attached hydrogens (tertiary/aromatic N) is 2. The van der Waals surface area contributed by atoms with Crippen LogP contribution in [0.4, 0.5) is 17.5 Å². The minimum atomic E-state index is 0.198. The van der Waals surface area contributed by atoms with Crippen LogP contribution in [0, 0.1) is 6.92 Å². The lowest BCUT2D eigenvalue weighted by molar-refractivity contribution is 1.18. The SMILES string of the molecule is Cc1cc(Cl)c(Nc2ccnc(N)n2)cc1Cl. The van der Waals surface area contributed by atoms with Gasteiger partial charge in [0.1, 0.15) is 5.82 Å². The van der Waals surface area contributed by atoms with E-state index in [1.165, 1.54) is 0 Å². The summed E-state index contributed by atoms with van der Waals surface area (Å²) < 4.78 is 0. The van der Waals surface area contributed by atoms with E-state index in [2.05, 4.69) is 15.3 Å². The molecule has 0 spiro atoms. The van der Waals surface area contributed by atoms with Crippen LogP contribution >= 0.6 is 23.2 Å². The Bertz CT molecular complexity index is 557. The monoisotopic (exact) mass is 268 g/mol. The van der Waals surface area contributed by atoms with E-state index in [4.69, 9.17) is 28.9 Å². The Morgan fingerprint density at radius 3 is 2.71 bits per heavy atom. The van der Waals surface area contributed by atoms with Crippen LogP contribution in [-0.4, -0.2) is 9.97 Å². The average molecular weight is 269 g/mol. The van der Waals surface area contributed by atoms with Gasteiger partial charge in [0.25, 0.3) is 0 Å². The molecule has 4 nitrogen and oxygen atoms in total. The van der Waals surface area contributed by atoms with Gasteiger partial charge in [0.15, 0.2) is 0 Å². The van der Waals surface area contributed by atoms with E-state index >= 15 is 0 Å². The summed E-state index contributed by atoms with van der Waals surface area (Å²) in [6, 6.07) is 5.23. The molecule has 1 heterocycles. The number of hydrogen-bond acceptors (Lipinski definition) is 4. The molecule has 6 heteroatoms. The standard InChI is InChI=1S/C11H10Cl2N4/c1-6-4-8(13)9(5-7(6)12)16-10-2-3-15-11(14)17-10/h2-5H,1H3,(H3,14,15,16,17). The van der Waals surface area contributed by atoms with Gasteiger partial charge in [-0.2, -0.15) is 4.98 Å². The molecule has 3 N–H and O–H groups in total. The molecule has 1 aromatic carbocycles. The minimum Gasteiger partial charge on any atom is -0.368 e. The predicted molar refractivity (Wildman–Crippen MR) is 70.9 cm³/mol. The Morgan fingerprint density at radius 2 is 2.00 bits per heavy atom. The highest BCUT2D eigenvalue weighted by molar-refractivity contribution is 6.35. The van der Waals surface area contributed by atoms with Gasteiger partial charge in [-0.1, -0.05) is 23.2 Å². The number of nitrogens with two attached hydrogens (primary N) is 1. The zero-order valence-corrected chi connectivity index (χ0v) is 10.5. The molecule has 0 fully saturated rings. The minimum absolute atomic E-state index is 0.198. The van der Waals surface area contributed by atoms with Crippen LogP contribution < -0.4 is 11.1 Å². The summed E-state index contributed by atoms with van der Waals surface area (Å²) in [7, 11) is 0. The lowest BCUT2D eigenvalue weighted by Crippen LogP contribution is -1.99. The van der Waals surface area contributed by atoms with Gasteiger partial charge in [0.2, 0.25) is 5.95 Å². The number of rotatable bonds is 2.